The van der Waals surface area contributed by atoms with Crippen LogP contribution < -0.4 is 10.6 Å². The van der Waals surface area contributed by atoms with Gasteiger partial charge in [0.1, 0.15) is 0 Å². The smallest absolute Gasteiger partial charge is 0.0110 e. The van der Waals surface area contributed by atoms with Crippen LogP contribution in [-0.4, -0.2) is 12.3 Å². The standard InChI is InChI=1S/C26H24P2/c1-3-11-21(12-4-1)23-15-7-9-17-25(23)27-19-20-28-26-18-10-8-16-24(26)22-13-5-2-6-14-22/h1-18,27-28H,19-20H2. The van der Waals surface area contributed by atoms with Crippen LogP contribution in [0.3, 0.4) is 0 Å². The molecule has 0 bridgehead atoms. The third-order valence-electron chi connectivity index (χ3n) is 4.78. The molecule has 4 aromatic rings. The van der Waals surface area contributed by atoms with E-state index in [2.05, 4.69) is 109 Å². The fraction of sp³-hybridized carbons (Fsp3) is 0.0769. The van der Waals surface area contributed by atoms with Gasteiger partial charge in [-0.2, -0.15) is 0 Å². The molecule has 0 heterocycles. The van der Waals surface area contributed by atoms with Gasteiger partial charge in [-0.1, -0.05) is 126 Å². The van der Waals surface area contributed by atoms with Crippen molar-refractivity contribution in [3.63, 3.8) is 0 Å². The summed E-state index contributed by atoms with van der Waals surface area (Å²) in [4.78, 5) is 0. The molecule has 0 aliphatic rings. The van der Waals surface area contributed by atoms with E-state index in [1.54, 1.807) is 0 Å². The van der Waals surface area contributed by atoms with Crippen LogP contribution in [0.25, 0.3) is 22.3 Å². The summed E-state index contributed by atoms with van der Waals surface area (Å²) in [7, 11) is 1.70. The zero-order chi connectivity index (χ0) is 19.0. The van der Waals surface area contributed by atoms with Crippen LogP contribution in [0.1, 0.15) is 0 Å². The van der Waals surface area contributed by atoms with Gasteiger partial charge in [0.15, 0.2) is 0 Å². The molecule has 0 aromatic heterocycles. The minimum absolute atomic E-state index is 0.851. The summed E-state index contributed by atoms with van der Waals surface area (Å²) < 4.78 is 0. The number of rotatable bonds is 7. The first-order valence-corrected chi connectivity index (χ1v) is 12.1. The van der Waals surface area contributed by atoms with Gasteiger partial charge >= 0.3 is 0 Å². The highest BCUT2D eigenvalue weighted by Crippen LogP contribution is 2.27. The minimum atomic E-state index is 0.851. The van der Waals surface area contributed by atoms with E-state index < -0.39 is 0 Å². The summed E-state index contributed by atoms with van der Waals surface area (Å²) in [6.07, 6.45) is 2.48. The Morgan fingerprint density at radius 2 is 0.750 bits per heavy atom. The van der Waals surface area contributed by atoms with E-state index in [0.29, 0.717) is 0 Å². The van der Waals surface area contributed by atoms with E-state index in [4.69, 9.17) is 0 Å². The molecule has 2 unspecified atom stereocenters. The Kier molecular flexibility index (Phi) is 6.67. The molecule has 4 aromatic carbocycles. The highest BCUT2D eigenvalue weighted by atomic mass is 31.1. The van der Waals surface area contributed by atoms with Crippen molar-refractivity contribution >= 4 is 27.8 Å². The zero-order valence-electron chi connectivity index (χ0n) is 15.8. The van der Waals surface area contributed by atoms with Crippen molar-refractivity contribution in [1.29, 1.82) is 0 Å². The molecule has 0 spiro atoms. The van der Waals surface area contributed by atoms with E-state index in [9.17, 15) is 0 Å². The van der Waals surface area contributed by atoms with Crippen LogP contribution in [0, 0.1) is 0 Å². The van der Waals surface area contributed by atoms with Gasteiger partial charge in [-0.05, 0) is 45.2 Å². The van der Waals surface area contributed by atoms with Crippen molar-refractivity contribution in [2.24, 2.45) is 0 Å². The van der Waals surface area contributed by atoms with Gasteiger partial charge in [0.25, 0.3) is 0 Å². The maximum atomic E-state index is 2.29. The van der Waals surface area contributed by atoms with Gasteiger partial charge in [0.2, 0.25) is 0 Å². The third kappa shape index (κ3) is 4.77. The zero-order valence-corrected chi connectivity index (χ0v) is 17.8. The second-order valence-electron chi connectivity index (χ2n) is 6.68. The topological polar surface area (TPSA) is 0 Å². The molecule has 138 valence electrons. The average molecular weight is 398 g/mol. The van der Waals surface area contributed by atoms with Gasteiger partial charge in [0.05, 0.1) is 0 Å². The van der Waals surface area contributed by atoms with Gasteiger partial charge in [0, 0.05) is 0 Å². The Hall–Kier alpha value is -2.26. The summed E-state index contributed by atoms with van der Waals surface area (Å²) in [5, 5.41) is 2.96. The molecule has 0 N–H and O–H groups in total. The summed E-state index contributed by atoms with van der Waals surface area (Å²) in [5.74, 6) is 0. The molecule has 2 heteroatoms. The Labute approximate surface area is 171 Å². The van der Waals surface area contributed by atoms with Gasteiger partial charge in [-0.3, -0.25) is 0 Å². The lowest BCUT2D eigenvalue weighted by Gasteiger charge is -2.12. The summed E-state index contributed by atoms with van der Waals surface area (Å²) in [5.41, 5.74) is 5.41. The van der Waals surface area contributed by atoms with E-state index in [-0.39, 0.29) is 0 Å². The van der Waals surface area contributed by atoms with Crippen LogP contribution in [0.2, 0.25) is 0 Å². The molecular weight excluding hydrogens is 374 g/mol. The van der Waals surface area contributed by atoms with Crippen LogP contribution in [0.4, 0.5) is 0 Å². The van der Waals surface area contributed by atoms with Gasteiger partial charge < -0.3 is 0 Å². The van der Waals surface area contributed by atoms with Crippen LogP contribution >= 0.6 is 17.2 Å². The second kappa shape index (κ2) is 9.79. The third-order valence-corrected chi connectivity index (χ3v) is 7.91. The van der Waals surface area contributed by atoms with Crippen molar-refractivity contribution in [3.05, 3.63) is 109 Å². The predicted molar refractivity (Wildman–Crippen MR) is 129 cm³/mol. The fourth-order valence-electron chi connectivity index (χ4n) is 3.41. The quantitative estimate of drug-likeness (QED) is 0.252. The average Bonchev–Trinajstić information content (AvgIpc) is 2.78. The lowest BCUT2D eigenvalue weighted by Crippen LogP contribution is -2.04. The van der Waals surface area contributed by atoms with Crippen LogP contribution in [-0.2, 0) is 0 Å². The molecule has 0 fully saturated rings. The monoisotopic (exact) mass is 398 g/mol. The van der Waals surface area contributed by atoms with Crippen LogP contribution in [0.5, 0.6) is 0 Å². The number of hydrogen-bond acceptors (Lipinski definition) is 0. The molecule has 4 rings (SSSR count). The van der Waals surface area contributed by atoms with Crippen molar-refractivity contribution in [3.8, 4) is 22.3 Å². The molecule has 0 nitrogen and oxygen atoms in total. The molecule has 0 aliphatic carbocycles. The summed E-state index contributed by atoms with van der Waals surface area (Å²) in [6.45, 7) is 0. The molecule has 28 heavy (non-hydrogen) atoms. The maximum absolute atomic E-state index is 2.29. The Bertz CT molecular complexity index is 926. The Morgan fingerprint density at radius 1 is 0.393 bits per heavy atom. The SMILES string of the molecule is c1ccc(-c2ccccc2PCCPc2ccccc2-c2ccccc2)cc1. The van der Waals surface area contributed by atoms with Crippen molar-refractivity contribution in [2.45, 2.75) is 0 Å². The highest BCUT2D eigenvalue weighted by molar-refractivity contribution is 7.51. The van der Waals surface area contributed by atoms with E-state index in [0.717, 1.165) is 17.2 Å². The van der Waals surface area contributed by atoms with Crippen molar-refractivity contribution < 1.29 is 0 Å². The van der Waals surface area contributed by atoms with E-state index >= 15 is 0 Å². The second-order valence-corrected chi connectivity index (χ2v) is 9.46. The largest absolute Gasteiger partial charge is 0.0894 e. The van der Waals surface area contributed by atoms with E-state index in [1.807, 2.05) is 0 Å². The lowest BCUT2D eigenvalue weighted by atomic mass is 10.1. The molecule has 2 atom stereocenters. The lowest BCUT2D eigenvalue weighted by molar-refractivity contribution is 1.54. The van der Waals surface area contributed by atoms with Gasteiger partial charge in [-0.15, -0.1) is 0 Å². The first kappa shape index (κ1) is 19.1. The summed E-state index contributed by atoms with van der Waals surface area (Å²) >= 11 is 0. The van der Waals surface area contributed by atoms with Gasteiger partial charge in [-0.25, -0.2) is 0 Å². The number of benzene rings is 4. The fourth-order valence-corrected chi connectivity index (χ4v) is 6.21. The summed E-state index contributed by atoms with van der Waals surface area (Å²) in [6, 6.07) is 39.2. The highest BCUT2D eigenvalue weighted by Gasteiger charge is 2.06. The molecule has 0 aliphatic heterocycles. The molecule has 0 radical (unpaired) electrons. The first-order valence-electron chi connectivity index (χ1n) is 9.68. The van der Waals surface area contributed by atoms with Crippen molar-refractivity contribution in [2.75, 3.05) is 12.3 Å². The van der Waals surface area contributed by atoms with Crippen molar-refractivity contribution in [1.82, 2.24) is 0 Å². The molecular formula is C26H24P2. The Morgan fingerprint density at radius 3 is 1.18 bits per heavy atom. The predicted octanol–water partition coefficient (Wildman–Crippen LogP) is 6.33. The normalized spacial score (nSPS) is 11.6. The van der Waals surface area contributed by atoms with Crippen LogP contribution in [0.15, 0.2) is 109 Å². The molecule has 0 amide bonds. The number of hydrogen-bond donors (Lipinski definition) is 0. The minimum Gasteiger partial charge on any atom is -0.0894 e. The first-order chi connectivity index (χ1) is 13.9. The molecule has 0 saturated carbocycles. The Balaban J connectivity index is 1.42. The van der Waals surface area contributed by atoms with E-state index in [1.165, 1.54) is 45.2 Å². The maximum Gasteiger partial charge on any atom is -0.0110 e. The molecule has 0 saturated heterocycles.